The van der Waals surface area contributed by atoms with E-state index in [0.29, 0.717) is 31.5 Å². The third kappa shape index (κ3) is 2.00. The Labute approximate surface area is 107 Å². The first kappa shape index (κ1) is 12.0. The van der Waals surface area contributed by atoms with Crippen LogP contribution < -0.4 is 11.1 Å². The molecule has 3 rings (SSSR count). The van der Waals surface area contributed by atoms with Crippen molar-refractivity contribution in [2.45, 2.75) is 56.7 Å². The van der Waals surface area contributed by atoms with Crippen LogP contribution in [0.25, 0.3) is 0 Å². The zero-order valence-corrected chi connectivity index (χ0v) is 10.6. The van der Waals surface area contributed by atoms with E-state index in [-0.39, 0.29) is 23.8 Å². The molecule has 3 saturated heterocycles. The minimum absolute atomic E-state index is 0.0138. The van der Waals surface area contributed by atoms with Gasteiger partial charge in [0.15, 0.2) is 0 Å². The molecule has 3 aliphatic rings. The van der Waals surface area contributed by atoms with Gasteiger partial charge in [-0.05, 0) is 32.1 Å². The highest BCUT2D eigenvalue weighted by Gasteiger charge is 2.44. The topological polar surface area (TPSA) is 75.4 Å². The molecule has 0 aliphatic carbocycles. The lowest BCUT2D eigenvalue weighted by atomic mass is 9.92. The van der Waals surface area contributed by atoms with Gasteiger partial charge in [0.05, 0.1) is 5.92 Å². The van der Waals surface area contributed by atoms with E-state index in [1.165, 1.54) is 0 Å². The average Bonchev–Trinajstić information content (AvgIpc) is 2.62. The molecule has 2 amide bonds. The van der Waals surface area contributed by atoms with Crippen LogP contribution in [0.5, 0.6) is 0 Å². The summed E-state index contributed by atoms with van der Waals surface area (Å²) in [6.45, 7) is 0.514. The first-order chi connectivity index (χ1) is 8.65. The normalized spacial score (nSPS) is 39.6. The third-order valence-electron chi connectivity index (χ3n) is 4.64. The van der Waals surface area contributed by atoms with Crippen molar-refractivity contribution >= 4 is 11.8 Å². The maximum atomic E-state index is 12.6. The Morgan fingerprint density at radius 1 is 1.22 bits per heavy atom. The van der Waals surface area contributed by atoms with E-state index in [2.05, 4.69) is 10.2 Å². The molecule has 3 fully saturated rings. The van der Waals surface area contributed by atoms with Crippen LogP contribution in [0.4, 0.5) is 0 Å². The first-order valence-corrected chi connectivity index (χ1v) is 6.99. The number of carbonyl (C=O) groups is 2. The quantitative estimate of drug-likeness (QED) is 0.688. The van der Waals surface area contributed by atoms with Crippen LogP contribution in [0, 0.1) is 5.92 Å². The van der Waals surface area contributed by atoms with Gasteiger partial charge in [-0.15, -0.1) is 0 Å². The van der Waals surface area contributed by atoms with Crippen molar-refractivity contribution in [1.82, 2.24) is 10.2 Å². The third-order valence-corrected chi connectivity index (χ3v) is 4.64. The fraction of sp³-hybridized carbons (Fsp3) is 0.846. The highest BCUT2D eigenvalue weighted by molar-refractivity contribution is 5.84. The van der Waals surface area contributed by atoms with Crippen molar-refractivity contribution in [2.24, 2.45) is 11.7 Å². The first-order valence-electron chi connectivity index (χ1n) is 6.99. The second-order valence-corrected chi connectivity index (χ2v) is 5.90. The summed E-state index contributed by atoms with van der Waals surface area (Å²) in [5, 5.41) is 2.80. The largest absolute Gasteiger partial charge is 0.355 e. The molecule has 18 heavy (non-hydrogen) atoms. The number of nitrogens with two attached hydrogens (primary N) is 1. The summed E-state index contributed by atoms with van der Waals surface area (Å²) in [7, 11) is 0. The minimum Gasteiger partial charge on any atom is -0.355 e. The van der Waals surface area contributed by atoms with Crippen molar-refractivity contribution in [3.8, 4) is 0 Å². The van der Waals surface area contributed by atoms with Gasteiger partial charge in [-0.1, -0.05) is 0 Å². The van der Waals surface area contributed by atoms with E-state index in [4.69, 9.17) is 5.73 Å². The Hall–Kier alpha value is -1.10. The molecule has 3 atom stereocenters. The summed E-state index contributed by atoms with van der Waals surface area (Å²) in [6, 6.07) is 0.963. The lowest BCUT2D eigenvalue weighted by Crippen LogP contribution is -2.54. The lowest BCUT2D eigenvalue weighted by molar-refractivity contribution is -0.141. The monoisotopic (exact) mass is 251 g/mol. The van der Waals surface area contributed by atoms with Crippen LogP contribution in [-0.4, -0.2) is 41.4 Å². The Balaban J connectivity index is 1.68. The fourth-order valence-corrected chi connectivity index (χ4v) is 3.73. The van der Waals surface area contributed by atoms with Crippen molar-refractivity contribution in [3.63, 3.8) is 0 Å². The number of nitrogens with one attached hydrogen (secondary N) is 1. The number of fused-ring (bicyclic) bond motifs is 2. The van der Waals surface area contributed by atoms with Crippen molar-refractivity contribution in [1.29, 1.82) is 0 Å². The van der Waals surface area contributed by atoms with Gasteiger partial charge in [-0.3, -0.25) is 9.59 Å². The van der Waals surface area contributed by atoms with Crippen LogP contribution in [0.2, 0.25) is 0 Å². The Morgan fingerprint density at radius 3 is 2.44 bits per heavy atom. The number of piperidine rings is 2. The average molecular weight is 251 g/mol. The van der Waals surface area contributed by atoms with Crippen LogP contribution in [-0.2, 0) is 9.59 Å². The zero-order chi connectivity index (χ0) is 12.7. The van der Waals surface area contributed by atoms with Gasteiger partial charge in [-0.25, -0.2) is 0 Å². The highest BCUT2D eigenvalue weighted by Crippen LogP contribution is 2.36. The van der Waals surface area contributed by atoms with Crippen LogP contribution in [0.1, 0.15) is 38.5 Å². The van der Waals surface area contributed by atoms with E-state index >= 15 is 0 Å². The van der Waals surface area contributed by atoms with E-state index in [9.17, 15) is 9.59 Å². The molecule has 3 aliphatic heterocycles. The molecule has 2 bridgehead atoms. The predicted molar refractivity (Wildman–Crippen MR) is 66.6 cm³/mol. The summed E-state index contributed by atoms with van der Waals surface area (Å²) in [4.78, 5) is 25.8. The molecule has 0 saturated carbocycles. The Kier molecular flexibility index (Phi) is 3.01. The zero-order valence-electron chi connectivity index (χ0n) is 10.6. The van der Waals surface area contributed by atoms with Gasteiger partial charge >= 0.3 is 0 Å². The second-order valence-electron chi connectivity index (χ2n) is 5.90. The number of hydrogen-bond donors (Lipinski definition) is 2. The molecular weight excluding hydrogens is 230 g/mol. The van der Waals surface area contributed by atoms with Crippen LogP contribution in [0.15, 0.2) is 0 Å². The Morgan fingerprint density at radius 2 is 1.89 bits per heavy atom. The fourth-order valence-electron chi connectivity index (χ4n) is 3.73. The van der Waals surface area contributed by atoms with Gasteiger partial charge in [0.25, 0.3) is 0 Å². The molecule has 0 aromatic carbocycles. The summed E-state index contributed by atoms with van der Waals surface area (Å²) in [5.74, 6) is 0.303. The van der Waals surface area contributed by atoms with E-state index in [0.717, 1.165) is 25.7 Å². The molecule has 0 aromatic rings. The van der Waals surface area contributed by atoms with Crippen LogP contribution in [0.3, 0.4) is 0 Å². The molecule has 3 unspecified atom stereocenters. The van der Waals surface area contributed by atoms with Gasteiger partial charge in [0.2, 0.25) is 11.8 Å². The summed E-state index contributed by atoms with van der Waals surface area (Å²) in [5.41, 5.74) is 6.02. The highest BCUT2D eigenvalue weighted by atomic mass is 16.2. The van der Waals surface area contributed by atoms with Gasteiger partial charge in [0.1, 0.15) is 0 Å². The predicted octanol–water partition coefficient (Wildman–Crippen LogP) is -0.00670. The molecule has 3 heterocycles. The summed E-state index contributed by atoms with van der Waals surface area (Å²) < 4.78 is 0. The van der Waals surface area contributed by atoms with Crippen molar-refractivity contribution in [2.75, 3.05) is 6.54 Å². The smallest absolute Gasteiger partial charge is 0.227 e. The van der Waals surface area contributed by atoms with Gasteiger partial charge < -0.3 is 16.0 Å². The summed E-state index contributed by atoms with van der Waals surface area (Å²) in [6.07, 6.45) is 5.28. The number of rotatable bonds is 1. The molecule has 5 nitrogen and oxygen atoms in total. The van der Waals surface area contributed by atoms with E-state index < -0.39 is 0 Å². The van der Waals surface area contributed by atoms with E-state index in [1.807, 2.05) is 0 Å². The maximum absolute atomic E-state index is 12.6. The standard InChI is InChI=1S/C13H21N3O2/c14-9-5-10-2-3-11(6-9)16(10)13(18)8-1-4-12(17)15-7-8/h8-11H,1-7,14H2,(H,15,17). The van der Waals surface area contributed by atoms with Gasteiger partial charge in [-0.2, -0.15) is 0 Å². The van der Waals surface area contributed by atoms with Crippen molar-refractivity contribution < 1.29 is 9.59 Å². The van der Waals surface area contributed by atoms with Gasteiger partial charge in [0, 0.05) is 31.1 Å². The number of hydrogen-bond acceptors (Lipinski definition) is 3. The molecule has 0 spiro atoms. The number of amides is 2. The molecule has 100 valence electrons. The molecule has 0 aromatic heterocycles. The molecule has 3 N–H and O–H groups in total. The SMILES string of the molecule is NC1CC2CCC(C1)N2C(=O)C1CCC(=O)NC1. The summed E-state index contributed by atoms with van der Waals surface area (Å²) >= 11 is 0. The Bertz CT molecular complexity index is 347. The van der Waals surface area contributed by atoms with Crippen molar-refractivity contribution in [3.05, 3.63) is 0 Å². The minimum atomic E-state index is -0.0138. The molecule has 5 heteroatoms. The molecule has 0 radical (unpaired) electrons. The number of carbonyl (C=O) groups excluding carboxylic acids is 2. The molecular formula is C13H21N3O2. The number of nitrogens with zero attached hydrogens (tertiary/aromatic N) is 1. The van der Waals surface area contributed by atoms with Crippen LogP contribution >= 0.6 is 0 Å². The maximum Gasteiger partial charge on any atom is 0.227 e. The second kappa shape index (κ2) is 4.53. The lowest BCUT2D eigenvalue weighted by Gasteiger charge is -2.40. The van der Waals surface area contributed by atoms with E-state index in [1.54, 1.807) is 0 Å².